The predicted octanol–water partition coefficient (Wildman–Crippen LogP) is 4.87. The van der Waals surface area contributed by atoms with E-state index in [-0.39, 0.29) is 24.6 Å². The SMILES string of the molecule is CS(=O)(=O)CCNCC1=CC(=O)C(c2ccc3ncnc(Nc4ccc(OCc5ccccc5)c(Br)c4)c3c2)O1. The molecule has 0 saturated heterocycles. The van der Waals surface area contributed by atoms with Gasteiger partial charge in [-0.1, -0.05) is 36.4 Å². The highest BCUT2D eigenvalue weighted by atomic mass is 79.9. The zero-order valence-electron chi connectivity index (χ0n) is 21.6. The minimum Gasteiger partial charge on any atom is -0.488 e. The molecule has 1 aliphatic rings. The number of hydrogen-bond acceptors (Lipinski definition) is 9. The first-order valence-electron chi connectivity index (χ1n) is 12.5. The molecule has 0 amide bonds. The van der Waals surface area contributed by atoms with Gasteiger partial charge in [-0.05, 0) is 51.8 Å². The van der Waals surface area contributed by atoms with Crippen molar-refractivity contribution < 1.29 is 22.7 Å². The van der Waals surface area contributed by atoms with Gasteiger partial charge >= 0.3 is 0 Å². The monoisotopic (exact) mass is 622 g/mol. The lowest BCUT2D eigenvalue weighted by atomic mass is 10.0. The topological polar surface area (TPSA) is 120 Å². The summed E-state index contributed by atoms with van der Waals surface area (Å²) in [5.41, 5.74) is 3.25. The fourth-order valence-corrected chi connectivity index (χ4v) is 5.18. The van der Waals surface area contributed by atoms with Gasteiger partial charge in [0.25, 0.3) is 0 Å². The van der Waals surface area contributed by atoms with Gasteiger partial charge in [-0.15, -0.1) is 0 Å². The van der Waals surface area contributed by atoms with E-state index in [0.29, 0.717) is 29.3 Å². The summed E-state index contributed by atoms with van der Waals surface area (Å²) >= 11 is 3.59. The Balaban J connectivity index is 1.28. The van der Waals surface area contributed by atoms with Gasteiger partial charge in [0.2, 0.25) is 5.78 Å². The van der Waals surface area contributed by atoms with Gasteiger partial charge in [-0.2, -0.15) is 0 Å². The number of carbonyl (C=O) groups excluding carboxylic acids is 1. The number of ketones is 1. The highest BCUT2D eigenvalue weighted by Gasteiger charge is 2.29. The zero-order chi connectivity index (χ0) is 28.1. The van der Waals surface area contributed by atoms with Crippen molar-refractivity contribution in [2.45, 2.75) is 12.7 Å². The minimum atomic E-state index is -3.07. The van der Waals surface area contributed by atoms with Gasteiger partial charge in [0, 0.05) is 35.5 Å². The third-order valence-corrected chi connectivity index (χ3v) is 7.74. The fourth-order valence-electron chi connectivity index (χ4n) is 4.18. The van der Waals surface area contributed by atoms with Gasteiger partial charge in [-0.25, -0.2) is 18.4 Å². The lowest BCUT2D eigenvalue weighted by Crippen LogP contribution is -2.24. The Labute approximate surface area is 240 Å². The van der Waals surface area contributed by atoms with Crippen LogP contribution in [0.2, 0.25) is 0 Å². The van der Waals surface area contributed by atoms with Gasteiger partial charge in [0.15, 0.2) is 6.10 Å². The largest absolute Gasteiger partial charge is 0.488 e. The molecule has 4 aromatic rings. The molecule has 3 aromatic carbocycles. The van der Waals surface area contributed by atoms with E-state index in [9.17, 15) is 13.2 Å². The molecule has 40 heavy (non-hydrogen) atoms. The van der Waals surface area contributed by atoms with E-state index in [1.807, 2.05) is 66.7 Å². The molecule has 1 atom stereocenters. The number of rotatable bonds is 11. The summed E-state index contributed by atoms with van der Waals surface area (Å²) < 4.78 is 35.3. The van der Waals surface area contributed by atoms with Crippen LogP contribution in [0.25, 0.3) is 10.9 Å². The summed E-state index contributed by atoms with van der Waals surface area (Å²) in [5, 5.41) is 7.07. The number of halogens is 1. The van der Waals surface area contributed by atoms with Gasteiger partial charge < -0.3 is 20.1 Å². The van der Waals surface area contributed by atoms with Crippen molar-refractivity contribution in [2.24, 2.45) is 0 Å². The summed E-state index contributed by atoms with van der Waals surface area (Å²) in [4.78, 5) is 21.5. The Morgan fingerprint density at radius 3 is 2.65 bits per heavy atom. The Kier molecular flexibility index (Phi) is 8.43. The zero-order valence-corrected chi connectivity index (χ0v) is 24.0. The molecule has 1 aromatic heterocycles. The maximum Gasteiger partial charge on any atom is 0.204 e. The lowest BCUT2D eigenvalue weighted by Gasteiger charge is -2.15. The smallest absolute Gasteiger partial charge is 0.204 e. The molecule has 0 bridgehead atoms. The van der Waals surface area contributed by atoms with Crippen LogP contribution in [-0.4, -0.2) is 49.3 Å². The van der Waals surface area contributed by atoms with Crippen LogP contribution in [0, 0.1) is 0 Å². The highest BCUT2D eigenvalue weighted by Crippen LogP contribution is 2.34. The number of anilines is 2. The quantitative estimate of drug-likeness (QED) is 0.226. The lowest BCUT2D eigenvalue weighted by molar-refractivity contribution is -0.120. The van der Waals surface area contributed by atoms with E-state index in [4.69, 9.17) is 9.47 Å². The Morgan fingerprint density at radius 2 is 1.88 bits per heavy atom. The molecule has 0 radical (unpaired) electrons. The average Bonchev–Trinajstić information content (AvgIpc) is 3.31. The number of fused-ring (bicyclic) bond motifs is 1. The number of nitrogens with zero attached hydrogens (tertiary/aromatic N) is 2. The number of aromatic nitrogens is 2. The first-order valence-corrected chi connectivity index (χ1v) is 15.4. The van der Waals surface area contributed by atoms with Crippen molar-refractivity contribution in [1.82, 2.24) is 15.3 Å². The summed E-state index contributed by atoms with van der Waals surface area (Å²) in [5.74, 6) is 1.59. The third-order valence-electron chi connectivity index (χ3n) is 6.17. The number of sulfone groups is 1. The van der Waals surface area contributed by atoms with Crippen LogP contribution in [0.5, 0.6) is 5.75 Å². The van der Waals surface area contributed by atoms with Crippen LogP contribution in [0.1, 0.15) is 17.2 Å². The molecule has 1 unspecified atom stereocenters. The first kappa shape index (κ1) is 27.8. The average molecular weight is 624 g/mol. The first-order chi connectivity index (χ1) is 19.2. The van der Waals surface area contributed by atoms with Crippen LogP contribution in [-0.2, 0) is 26.0 Å². The molecule has 0 spiro atoms. The Morgan fingerprint density at radius 1 is 1.05 bits per heavy atom. The molecule has 5 rings (SSSR count). The summed E-state index contributed by atoms with van der Waals surface area (Å²) in [6.07, 6.45) is 3.32. The van der Waals surface area contributed by atoms with E-state index < -0.39 is 15.9 Å². The van der Waals surface area contributed by atoms with E-state index in [1.54, 1.807) is 0 Å². The molecular weight excluding hydrogens is 596 g/mol. The second kappa shape index (κ2) is 12.2. The summed E-state index contributed by atoms with van der Waals surface area (Å²) in [6, 6.07) is 21.1. The molecule has 0 saturated carbocycles. The van der Waals surface area contributed by atoms with E-state index in [1.165, 1.54) is 18.7 Å². The van der Waals surface area contributed by atoms with Gasteiger partial charge in [0.1, 0.15) is 40.1 Å². The van der Waals surface area contributed by atoms with Crippen molar-refractivity contribution in [2.75, 3.05) is 30.4 Å². The molecule has 2 heterocycles. The number of carbonyl (C=O) groups is 1. The second-order valence-corrected chi connectivity index (χ2v) is 12.5. The number of nitrogens with one attached hydrogen (secondary N) is 2. The van der Waals surface area contributed by atoms with Gasteiger partial charge in [-0.3, -0.25) is 4.79 Å². The molecule has 2 N–H and O–H groups in total. The van der Waals surface area contributed by atoms with Crippen LogP contribution >= 0.6 is 15.9 Å². The molecule has 206 valence electrons. The molecule has 1 aliphatic heterocycles. The number of ether oxygens (including phenoxy) is 2. The summed E-state index contributed by atoms with van der Waals surface area (Å²) in [6.45, 7) is 0.999. The molecule has 0 fully saturated rings. The van der Waals surface area contributed by atoms with Crippen molar-refractivity contribution in [3.63, 3.8) is 0 Å². The van der Waals surface area contributed by atoms with Crippen molar-refractivity contribution >= 4 is 54.0 Å². The third kappa shape index (κ3) is 7.04. The minimum absolute atomic E-state index is 0.0120. The number of benzene rings is 3. The standard InChI is InChI=1S/C29H27BrN4O5S/c1-40(36,37)12-11-31-16-22-15-26(35)28(39-22)20-7-9-25-23(13-20)29(33-18-32-25)34-21-8-10-27(24(30)14-21)38-17-19-5-3-2-4-6-19/h2-10,13-15,18,28,31H,11-12,16-17H2,1H3,(H,32,33,34). The second-order valence-electron chi connectivity index (χ2n) is 9.36. The number of hydrogen-bond donors (Lipinski definition) is 2. The molecule has 0 aliphatic carbocycles. The van der Waals surface area contributed by atoms with Crippen LogP contribution < -0.4 is 15.4 Å². The maximum atomic E-state index is 12.7. The predicted molar refractivity (Wildman–Crippen MR) is 157 cm³/mol. The fraction of sp³-hybridized carbons (Fsp3) is 0.207. The van der Waals surface area contributed by atoms with Crippen molar-refractivity contribution in [1.29, 1.82) is 0 Å². The van der Waals surface area contributed by atoms with Crippen LogP contribution in [0.3, 0.4) is 0 Å². The molecular formula is C29H27BrN4O5S. The summed E-state index contributed by atoms with van der Waals surface area (Å²) in [7, 11) is -3.07. The maximum absolute atomic E-state index is 12.7. The van der Waals surface area contributed by atoms with Gasteiger partial charge in [0.05, 0.1) is 22.3 Å². The molecule has 11 heteroatoms. The van der Waals surface area contributed by atoms with E-state index in [0.717, 1.165) is 26.9 Å². The van der Waals surface area contributed by atoms with Crippen LogP contribution in [0.15, 0.2) is 89.4 Å². The Bertz CT molecular complexity index is 1680. The van der Waals surface area contributed by atoms with Crippen LogP contribution in [0.4, 0.5) is 11.5 Å². The normalized spacial score (nSPS) is 15.1. The van der Waals surface area contributed by atoms with Crippen molar-refractivity contribution in [3.05, 3.63) is 100 Å². The van der Waals surface area contributed by atoms with E-state index in [2.05, 4.69) is 36.5 Å². The van der Waals surface area contributed by atoms with E-state index >= 15 is 0 Å². The molecule has 9 nitrogen and oxygen atoms in total. The highest BCUT2D eigenvalue weighted by molar-refractivity contribution is 9.10. The Hall–Kier alpha value is -3.80. The van der Waals surface area contributed by atoms with Crippen molar-refractivity contribution in [3.8, 4) is 5.75 Å².